The van der Waals surface area contributed by atoms with Crippen molar-refractivity contribution in [1.82, 2.24) is 9.99 Å². The first-order valence-electron chi connectivity index (χ1n) is 9.86. The Balaban J connectivity index is 1.55. The van der Waals surface area contributed by atoms with Crippen LogP contribution in [0.1, 0.15) is 22.6 Å². The van der Waals surface area contributed by atoms with E-state index in [1.54, 1.807) is 36.5 Å². The number of nitriles is 1. The monoisotopic (exact) mass is 460 g/mol. The average Bonchev–Trinajstić information content (AvgIpc) is 3.15. The Labute approximate surface area is 195 Å². The lowest BCUT2D eigenvalue weighted by Gasteiger charge is -2.07. The summed E-state index contributed by atoms with van der Waals surface area (Å²) < 4.78 is 2.08. The van der Waals surface area contributed by atoms with Crippen LogP contribution in [0.15, 0.2) is 84.1 Å². The first kappa shape index (κ1) is 21.6. The highest BCUT2D eigenvalue weighted by atomic mass is 35.5. The Hall–Kier alpha value is -3.59. The van der Waals surface area contributed by atoms with Crippen LogP contribution in [0.5, 0.6) is 0 Å². The molecular formula is C25H18Cl2N4O. The van der Waals surface area contributed by atoms with E-state index >= 15 is 0 Å². The Morgan fingerprint density at radius 1 is 1.06 bits per heavy atom. The molecule has 5 nitrogen and oxygen atoms in total. The second kappa shape index (κ2) is 9.69. The molecule has 0 saturated heterocycles. The summed E-state index contributed by atoms with van der Waals surface area (Å²) in [6, 6.07) is 24.4. The Kier molecular flexibility index (Phi) is 6.55. The molecule has 0 unspecified atom stereocenters. The standard InChI is InChI=1S/C25H18Cl2N4O/c26-22-11-10-17(12-23(22)27)15-31-16-19(20-8-4-5-9-24(20)31)14-29-30-25(32)21(13-28)18-6-2-1-3-7-18/h1-12,14,16,21H,15H2,(H,30,32)/b29-14-/t21-/m0/s1. The number of amides is 1. The van der Waals surface area contributed by atoms with Crippen molar-refractivity contribution in [2.75, 3.05) is 0 Å². The molecule has 0 radical (unpaired) electrons. The molecule has 0 aliphatic rings. The Bertz CT molecular complexity index is 1340. The van der Waals surface area contributed by atoms with Gasteiger partial charge in [-0.2, -0.15) is 10.4 Å². The smallest absolute Gasteiger partial charge is 0.261 e. The second-order valence-corrected chi connectivity index (χ2v) is 8.00. The van der Waals surface area contributed by atoms with E-state index in [9.17, 15) is 10.1 Å². The molecule has 7 heteroatoms. The number of fused-ring (bicyclic) bond motifs is 1. The summed E-state index contributed by atoms with van der Waals surface area (Å²) in [5.74, 6) is -1.40. The third kappa shape index (κ3) is 4.67. The van der Waals surface area contributed by atoms with Crippen molar-refractivity contribution in [2.24, 2.45) is 5.10 Å². The second-order valence-electron chi connectivity index (χ2n) is 7.19. The molecule has 1 aromatic heterocycles. The predicted octanol–water partition coefficient (Wildman–Crippen LogP) is 5.75. The highest BCUT2D eigenvalue weighted by Crippen LogP contribution is 2.25. The van der Waals surface area contributed by atoms with Crippen molar-refractivity contribution < 1.29 is 4.79 Å². The molecule has 0 fully saturated rings. The summed E-state index contributed by atoms with van der Waals surface area (Å²) in [5, 5.41) is 15.5. The number of hydrazone groups is 1. The summed E-state index contributed by atoms with van der Waals surface area (Å²) in [6.45, 7) is 0.599. The first-order chi connectivity index (χ1) is 15.6. The lowest BCUT2D eigenvalue weighted by atomic mass is 10.0. The van der Waals surface area contributed by atoms with Crippen molar-refractivity contribution in [3.8, 4) is 6.07 Å². The third-order valence-electron chi connectivity index (χ3n) is 5.06. The number of hydrogen-bond donors (Lipinski definition) is 1. The van der Waals surface area contributed by atoms with Gasteiger partial charge >= 0.3 is 0 Å². The van der Waals surface area contributed by atoms with Crippen LogP contribution in [0.3, 0.4) is 0 Å². The van der Waals surface area contributed by atoms with Gasteiger partial charge < -0.3 is 4.57 Å². The van der Waals surface area contributed by atoms with Crippen molar-refractivity contribution >= 4 is 46.2 Å². The number of aromatic nitrogens is 1. The van der Waals surface area contributed by atoms with Gasteiger partial charge in [0.2, 0.25) is 0 Å². The van der Waals surface area contributed by atoms with Crippen LogP contribution < -0.4 is 5.43 Å². The summed E-state index contributed by atoms with van der Waals surface area (Å²) in [5.41, 5.74) is 5.98. The van der Waals surface area contributed by atoms with Gasteiger partial charge in [-0.15, -0.1) is 0 Å². The van der Waals surface area contributed by atoms with Gasteiger partial charge in [0, 0.05) is 29.2 Å². The van der Waals surface area contributed by atoms with Gasteiger partial charge in [-0.05, 0) is 29.3 Å². The first-order valence-corrected chi connectivity index (χ1v) is 10.6. The van der Waals surface area contributed by atoms with E-state index in [1.165, 1.54) is 0 Å². The van der Waals surface area contributed by atoms with Gasteiger partial charge in [-0.3, -0.25) is 4.79 Å². The van der Waals surface area contributed by atoms with Crippen molar-refractivity contribution in [3.05, 3.63) is 106 Å². The highest BCUT2D eigenvalue weighted by Gasteiger charge is 2.19. The molecule has 0 aliphatic heterocycles. The van der Waals surface area contributed by atoms with E-state index in [0.29, 0.717) is 22.2 Å². The fourth-order valence-electron chi connectivity index (χ4n) is 3.50. The number of nitrogens with one attached hydrogen (secondary N) is 1. The fourth-order valence-corrected chi connectivity index (χ4v) is 3.82. The highest BCUT2D eigenvalue weighted by molar-refractivity contribution is 6.42. The van der Waals surface area contributed by atoms with Gasteiger partial charge in [0.15, 0.2) is 5.92 Å². The molecule has 1 atom stereocenters. The molecule has 4 aromatic rings. The maximum atomic E-state index is 12.5. The van der Waals surface area contributed by atoms with Crippen LogP contribution in [-0.2, 0) is 11.3 Å². The van der Waals surface area contributed by atoms with E-state index in [2.05, 4.69) is 15.1 Å². The summed E-state index contributed by atoms with van der Waals surface area (Å²) >= 11 is 12.2. The summed E-state index contributed by atoms with van der Waals surface area (Å²) in [7, 11) is 0. The number of rotatable bonds is 6. The summed E-state index contributed by atoms with van der Waals surface area (Å²) in [4.78, 5) is 12.5. The fraction of sp³-hybridized carbons (Fsp3) is 0.0800. The maximum Gasteiger partial charge on any atom is 0.261 e. The van der Waals surface area contributed by atoms with Gasteiger partial charge in [0.25, 0.3) is 5.91 Å². The number of halogens is 2. The molecule has 1 heterocycles. The number of carbonyl (C=O) groups is 1. The van der Waals surface area contributed by atoms with Crippen molar-refractivity contribution in [2.45, 2.75) is 12.5 Å². The molecule has 0 saturated carbocycles. The number of benzene rings is 3. The molecule has 0 bridgehead atoms. The zero-order valence-electron chi connectivity index (χ0n) is 16.9. The molecule has 3 aromatic carbocycles. The number of hydrogen-bond acceptors (Lipinski definition) is 3. The van der Waals surface area contributed by atoms with E-state index in [1.807, 2.05) is 54.7 Å². The topological polar surface area (TPSA) is 70.2 Å². The molecule has 4 rings (SSSR count). The van der Waals surface area contributed by atoms with Crippen LogP contribution in [0, 0.1) is 11.3 Å². The van der Waals surface area contributed by atoms with Crippen molar-refractivity contribution in [1.29, 1.82) is 5.26 Å². The van der Waals surface area contributed by atoms with Crippen LogP contribution in [0.4, 0.5) is 0 Å². The minimum atomic E-state index is -0.927. The molecule has 1 N–H and O–H groups in total. The van der Waals surface area contributed by atoms with Crippen LogP contribution in [0.2, 0.25) is 10.0 Å². The SMILES string of the molecule is N#C[C@H](C(=O)N/N=C\c1cn(Cc2ccc(Cl)c(Cl)c2)c2ccccc12)c1ccccc1. The minimum absolute atomic E-state index is 0.477. The average molecular weight is 461 g/mol. The maximum absolute atomic E-state index is 12.5. The predicted molar refractivity (Wildman–Crippen MR) is 128 cm³/mol. The molecule has 158 valence electrons. The van der Waals surface area contributed by atoms with E-state index in [-0.39, 0.29) is 0 Å². The Morgan fingerprint density at radius 2 is 1.81 bits per heavy atom. The molecule has 0 aliphatic carbocycles. The van der Waals surface area contributed by atoms with Crippen LogP contribution in [-0.4, -0.2) is 16.7 Å². The Morgan fingerprint density at radius 3 is 2.56 bits per heavy atom. The third-order valence-corrected chi connectivity index (χ3v) is 5.80. The van der Waals surface area contributed by atoms with Gasteiger partial charge in [0.1, 0.15) is 0 Å². The normalized spacial score (nSPS) is 12.0. The van der Waals surface area contributed by atoms with Gasteiger partial charge in [0.05, 0.1) is 22.3 Å². The summed E-state index contributed by atoms with van der Waals surface area (Å²) in [6.07, 6.45) is 3.55. The van der Waals surface area contributed by atoms with E-state index in [0.717, 1.165) is 22.0 Å². The molecule has 1 amide bonds. The lowest BCUT2D eigenvalue weighted by molar-refractivity contribution is -0.121. The number of nitrogens with zero attached hydrogens (tertiary/aromatic N) is 3. The van der Waals surface area contributed by atoms with Crippen LogP contribution >= 0.6 is 23.2 Å². The van der Waals surface area contributed by atoms with Crippen LogP contribution in [0.25, 0.3) is 10.9 Å². The zero-order valence-corrected chi connectivity index (χ0v) is 18.4. The van der Waals surface area contributed by atoms with E-state index < -0.39 is 11.8 Å². The lowest BCUT2D eigenvalue weighted by Crippen LogP contribution is -2.24. The van der Waals surface area contributed by atoms with Gasteiger partial charge in [-0.25, -0.2) is 5.43 Å². The van der Waals surface area contributed by atoms with Gasteiger partial charge in [-0.1, -0.05) is 77.8 Å². The number of carbonyl (C=O) groups excluding carboxylic acids is 1. The van der Waals surface area contributed by atoms with Crippen molar-refractivity contribution in [3.63, 3.8) is 0 Å². The quantitative estimate of drug-likeness (QED) is 0.293. The molecule has 32 heavy (non-hydrogen) atoms. The largest absolute Gasteiger partial charge is 0.342 e. The molecule has 0 spiro atoms. The minimum Gasteiger partial charge on any atom is -0.342 e. The molecular weight excluding hydrogens is 443 g/mol. The van der Waals surface area contributed by atoms with E-state index in [4.69, 9.17) is 23.2 Å². The number of para-hydroxylation sites is 1. The zero-order chi connectivity index (χ0) is 22.5.